The van der Waals surface area contributed by atoms with Gasteiger partial charge in [-0.2, -0.15) is 0 Å². The van der Waals surface area contributed by atoms with Crippen LogP contribution < -0.4 is 4.57 Å². The lowest BCUT2D eigenvalue weighted by molar-refractivity contribution is -0.671. The summed E-state index contributed by atoms with van der Waals surface area (Å²) in [5, 5.41) is 0. The molecule has 0 radical (unpaired) electrons. The van der Waals surface area contributed by atoms with Gasteiger partial charge in [0.05, 0.1) is 20.8 Å². The monoisotopic (exact) mass is 227 g/mol. The minimum Gasteiger partial charge on any atom is -0.465 e. The molecule has 1 atom stereocenters. The van der Waals surface area contributed by atoms with E-state index in [0.717, 1.165) is 0 Å². The van der Waals surface area contributed by atoms with Crippen molar-refractivity contribution in [2.75, 3.05) is 13.7 Å². The fraction of sp³-hybridized carbons (Fsp3) is 0.500. The molecule has 0 bridgehead atoms. The quantitative estimate of drug-likeness (QED) is 0.398. The fourth-order valence-electron chi connectivity index (χ4n) is 1.29. The summed E-state index contributed by atoms with van der Waals surface area (Å²) >= 11 is 0. The van der Waals surface area contributed by atoms with E-state index in [4.69, 9.17) is 4.74 Å². The normalized spacial score (nSPS) is 11.9. The Hall–Kier alpha value is -1.85. The van der Waals surface area contributed by atoms with Crippen molar-refractivity contribution in [2.24, 2.45) is 7.05 Å². The number of carbonyl (C=O) groups excluding carboxylic acids is 2. The first-order valence-electron chi connectivity index (χ1n) is 4.87. The first-order valence-corrected chi connectivity index (χ1v) is 4.87. The van der Waals surface area contributed by atoms with E-state index in [1.54, 1.807) is 37.3 Å². The van der Waals surface area contributed by atoms with Crippen molar-refractivity contribution in [1.82, 2.24) is 4.57 Å². The molecule has 88 valence electrons. The van der Waals surface area contributed by atoms with Crippen LogP contribution in [-0.2, 0) is 26.1 Å². The summed E-state index contributed by atoms with van der Waals surface area (Å²) in [7, 11) is 3.02. The third kappa shape index (κ3) is 2.59. The van der Waals surface area contributed by atoms with Crippen LogP contribution in [0.1, 0.15) is 13.0 Å². The highest BCUT2D eigenvalue weighted by Gasteiger charge is 2.35. The maximum atomic E-state index is 11.6. The standard InChI is InChI=1S/C10H15N2O4/c1-4-16-10(14)8(9(13)15-3)12-6-5-11(2)7-12/h5-8H,4H2,1-3H3/q+1/t8-/m1/s1. The summed E-state index contributed by atoms with van der Waals surface area (Å²) in [6, 6.07) is -1.08. The Bertz CT molecular complexity index is 386. The zero-order valence-corrected chi connectivity index (χ0v) is 9.54. The van der Waals surface area contributed by atoms with E-state index in [1.807, 2.05) is 0 Å². The summed E-state index contributed by atoms with van der Waals surface area (Å²) in [5.74, 6) is -1.26. The van der Waals surface area contributed by atoms with Gasteiger partial charge in [0, 0.05) is 0 Å². The third-order valence-corrected chi connectivity index (χ3v) is 2.02. The molecule has 6 heteroatoms. The maximum Gasteiger partial charge on any atom is 0.363 e. The maximum absolute atomic E-state index is 11.6. The molecule has 0 amide bonds. The van der Waals surface area contributed by atoms with Crippen molar-refractivity contribution in [2.45, 2.75) is 13.0 Å². The molecule has 1 rings (SSSR count). The number of carbonyl (C=O) groups is 2. The van der Waals surface area contributed by atoms with E-state index >= 15 is 0 Å². The number of ether oxygens (including phenoxy) is 2. The van der Waals surface area contributed by atoms with Gasteiger partial charge in [0.25, 0.3) is 6.04 Å². The molecule has 0 fully saturated rings. The lowest BCUT2D eigenvalue weighted by Crippen LogP contribution is -2.32. The SMILES string of the molecule is CCOC(=O)[C@@H](C(=O)OC)n1cc[n+](C)c1. The molecule has 1 heterocycles. The van der Waals surface area contributed by atoms with Gasteiger partial charge in [0.1, 0.15) is 12.4 Å². The Morgan fingerprint density at radius 2 is 2.12 bits per heavy atom. The molecular formula is C10H15N2O4+. The molecule has 16 heavy (non-hydrogen) atoms. The summed E-state index contributed by atoms with van der Waals surface area (Å²) < 4.78 is 12.6. The Morgan fingerprint density at radius 1 is 1.44 bits per heavy atom. The van der Waals surface area contributed by atoms with Crippen molar-refractivity contribution >= 4 is 11.9 Å². The van der Waals surface area contributed by atoms with Crippen molar-refractivity contribution in [3.63, 3.8) is 0 Å². The Kier molecular flexibility index (Phi) is 4.04. The molecule has 0 saturated heterocycles. The number of nitrogens with zero attached hydrogens (tertiary/aromatic N) is 2. The van der Waals surface area contributed by atoms with Crippen LogP contribution in [0.3, 0.4) is 0 Å². The number of aryl methyl sites for hydroxylation is 1. The van der Waals surface area contributed by atoms with Gasteiger partial charge in [-0.3, -0.25) is 0 Å². The van der Waals surface area contributed by atoms with Crippen LogP contribution in [-0.4, -0.2) is 30.2 Å². The predicted molar refractivity (Wildman–Crippen MR) is 53.3 cm³/mol. The van der Waals surface area contributed by atoms with Crippen LogP contribution in [0, 0.1) is 0 Å². The van der Waals surface area contributed by atoms with Crippen molar-refractivity contribution in [3.05, 3.63) is 18.7 Å². The average molecular weight is 227 g/mol. The highest BCUT2D eigenvalue weighted by Crippen LogP contribution is 2.09. The third-order valence-electron chi connectivity index (χ3n) is 2.02. The van der Waals surface area contributed by atoms with E-state index in [1.165, 1.54) is 11.7 Å². The molecule has 0 unspecified atom stereocenters. The zero-order chi connectivity index (χ0) is 12.1. The van der Waals surface area contributed by atoms with Gasteiger partial charge in [-0.15, -0.1) is 0 Å². The molecule has 1 aromatic heterocycles. The summed E-state index contributed by atoms with van der Waals surface area (Å²) in [6.07, 6.45) is 4.94. The van der Waals surface area contributed by atoms with E-state index in [0.29, 0.717) is 0 Å². The molecule has 0 aromatic carbocycles. The van der Waals surface area contributed by atoms with Crippen LogP contribution in [0.2, 0.25) is 0 Å². The Balaban J connectivity index is 2.96. The largest absolute Gasteiger partial charge is 0.465 e. The van der Waals surface area contributed by atoms with Crippen molar-refractivity contribution in [1.29, 1.82) is 0 Å². The molecule has 0 aliphatic rings. The van der Waals surface area contributed by atoms with E-state index in [9.17, 15) is 9.59 Å². The molecule has 0 N–H and O–H groups in total. The molecular weight excluding hydrogens is 212 g/mol. The van der Waals surface area contributed by atoms with Gasteiger partial charge in [-0.25, -0.2) is 18.7 Å². The molecule has 0 saturated carbocycles. The second-order valence-corrected chi connectivity index (χ2v) is 3.20. The van der Waals surface area contributed by atoms with Crippen molar-refractivity contribution in [3.8, 4) is 0 Å². The minimum atomic E-state index is -1.08. The van der Waals surface area contributed by atoms with Gasteiger partial charge in [-0.1, -0.05) is 0 Å². The van der Waals surface area contributed by atoms with Crippen LogP contribution in [0.4, 0.5) is 0 Å². The zero-order valence-electron chi connectivity index (χ0n) is 9.54. The van der Waals surface area contributed by atoms with E-state index in [-0.39, 0.29) is 6.61 Å². The summed E-state index contributed by atoms with van der Waals surface area (Å²) in [6.45, 7) is 1.90. The van der Waals surface area contributed by atoms with Crippen LogP contribution in [0.25, 0.3) is 0 Å². The second-order valence-electron chi connectivity index (χ2n) is 3.20. The number of methoxy groups -OCH3 is 1. The topological polar surface area (TPSA) is 61.4 Å². The van der Waals surface area contributed by atoms with Crippen LogP contribution in [0.15, 0.2) is 18.7 Å². The lowest BCUT2D eigenvalue weighted by Gasteiger charge is -2.09. The number of aromatic nitrogens is 2. The first kappa shape index (κ1) is 12.2. The molecule has 0 aliphatic carbocycles. The number of imidazole rings is 1. The lowest BCUT2D eigenvalue weighted by atomic mass is 10.3. The van der Waals surface area contributed by atoms with E-state index in [2.05, 4.69) is 4.74 Å². The summed E-state index contributed by atoms with van der Waals surface area (Å²) in [4.78, 5) is 23.1. The molecule has 0 spiro atoms. The van der Waals surface area contributed by atoms with Gasteiger partial charge in [-0.05, 0) is 6.92 Å². The molecule has 1 aromatic rings. The van der Waals surface area contributed by atoms with Crippen LogP contribution in [0.5, 0.6) is 0 Å². The minimum absolute atomic E-state index is 0.222. The van der Waals surface area contributed by atoms with E-state index < -0.39 is 18.0 Å². The number of rotatable bonds is 4. The second kappa shape index (κ2) is 5.29. The van der Waals surface area contributed by atoms with Crippen molar-refractivity contribution < 1.29 is 23.6 Å². The molecule has 0 aliphatic heterocycles. The highest BCUT2D eigenvalue weighted by molar-refractivity contribution is 5.97. The Labute approximate surface area is 93.4 Å². The smallest absolute Gasteiger partial charge is 0.363 e. The fourth-order valence-corrected chi connectivity index (χ4v) is 1.29. The highest BCUT2D eigenvalue weighted by atomic mass is 16.5. The first-order chi connectivity index (χ1) is 7.60. The Morgan fingerprint density at radius 3 is 2.56 bits per heavy atom. The number of esters is 2. The van der Waals surface area contributed by atoms with Gasteiger partial charge in [0.2, 0.25) is 6.33 Å². The predicted octanol–water partition coefficient (Wildman–Crippen LogP) is -0.410. The van der Waals surface area contributed by atoms with Gasteiger partial charge >= 0.3 is 11.9 Å². The van der Waals surface area contributed by atoms with Gasteiger partial charge < -0.3 is 9.47 Å². The average Bonchev–Trinajstić information content (AvgIpc) is 2.65. The van der Waals surface area contributed by atoms with Crippen LogP contribution >= 0.6 is 0 Å². The number of hydrogen-bond donors (Lipinski definition) is 0. The van der Waals surface area contributed by atoms with Gasteiger partial charge in [0.15, 0.2) is 0 Å². The summed E-state index contributed by atoms with van der Waals surface area (Å²) in [5.41, 5.74) is 0. The molecule has 6 nitrogen and oxygen atoms in total. The number of hydrogen-bond acceptors (Lipinski definition) is 4.